The number of fused-ring (bicyclic) bond motifs is 1. The first-order valence-corrected chi connectivity index (χ1v) is 14.5. The molecule has 2 heterocycles. The zero-order chi connectivity index (χ0) is 19.4. The van der Waals surface area contributed by atoms with Crippen LogP contribution in [0.1, 0.15) is 12.6 Å². The fourth-order valence-corrected chi connectivity index (χ4v) is 4.66. The van der Waals surface area contributed by atoms with Crippen LogP contribution < -0.4 is 10.1 Å². The van der Waals surface area contributed by atoms with Gasteiger partial charge in [-0.1, -0.05) is 25.9 Å². The van der Waals surface area contributed by atoms with Crippen LogP contribution in [0.5, 0.6) is 5.88 Å². The summed E-state index contributed by atoms with van der Waals surface area (Å²) in [6.07, 6.45) is 2.40. The first kappa shape index (κ1) is 24.4. The maximum atomic E-state index is 6.13. The first-order valence-electron chi connectivity index (χ1n) is 8.18. The quantitative estimate of drug-likeness (QED) is 0.182. The molecule has 145 valence electrons. The van der Waals surface area contributed by atoms with Gasteiger partial charge in [-0.3, -0.25) is 0 Å². The third kappa shape index (κ3) is 5.41. The Kier molecular flexibility index (Phi) is 9.97. The summed E-state index contributed by atoms with van der Waals surface area (Å²) < 4.78 is 9.89. The summed E-state index contributed by atoms with van der Waals surface area (Å²) in [5, 5.41) is 16.2. The maximum Gasteiger partial charge on any atom is 0.219 e. The van der Waals surface area contributed by atoms with Crippen molar-refractivity contribution in [3.63, 3.8) is 0 Å². The van der Waals surface area contributed by atoms with E-state index in [2.05, 4.69) is 75.4 Å². The molecule has 0 fully saturated rings. The Morgan fingerprint density at radius 3 is 2.93 bits per heavy atom. The van der Waals surface area contributed by atoms with Gasteiger partial charge in [0.05, 0.1) is 23.7 Å². The van der Waals surface area contributed by atoms with Gasteiger partial charge in [-0.05, 0) is 64.9 Å². The number of aromatic nitrogens is 4. The second kappa shape index (κ2) is 11.5. The number of hydrogen-bond donors (Lipinski definition) is 1. The molecule has 0 aliphatic heterocycles. The largest absolute Gasteiger partial charge is 0.473 e. The summed E-state index contributed by atoms with van der Waals surface area (Å²) in [5.41, 5.74) is 3.88. The first-order chi connectivity index (χ1) is 13.1. The van der Waals surface area contributed by atoms with E-state index in [0.717, 1.165) is 40.1 Å². The summed E-state index contributed by atoms with van der Waals surface area (Å²) in [6, 6.07) is 6.31. The molecule has 0 saturated carbocycles. The Labute approximate surface area is 206 Å². The SMILES string of the molecule is CNCC(C)Oc1c(-c2ccc3c(c2)c(C#CSP)nn3PI)cnn1C.[Tl]. The van der Waals surface area contributed by atoms with Gasteiger partial charge in [0.2, 0.25) is 5.88 Å². The molecule has 3 aromatic rings. The second-order valence-corrected chi connectivity index (χ2v) is 9.08. The summed E-state index contributed by atoms with van der Waals surface area (Å²) in [6.45, 7) is 2.80. The van der Waals surface area contributed by atoms with Crippen molar-refractivity contribution in [2.24, 2.45) is 7.05 Å². The molecule has 3 atom stereocenters. The standard InChI is InChI=1S/C17H20IN5OP2S.Tl/c1-11(9-19-2)24-17-14(10-20-22(17)3)12-4-5-16-13(8-12)15(6-7-27-25)21-23(16)26-18;/h4-5,8,10-11,19,26H,9,25H2,1-3H3;. The molecule has 3 rings (SSSR count). The summed E-state index contributed by atoms with van der Waals surface area (Å²) in [4.78, 5) is 0. The number of hydrogen-bond acceptors (Lipinski definition) is 5. The van der Waals surface area contributed by atoms with E-state index in [1.807, 2.05) is 31.7 Å². The molecule has 1 N–H and O–H groups in total. The van der Waals surface area contributed by atoms with Crippen LogP contribution >= 0.6 is 48.2 Å². The molecule has 1 radical (unpaired) electrons. The third-order valence-electron chi connectivity index (χ3n) is 3.99. The molecule has 0 spiro atoms. The molecule has 0 amide bonds. The zero-order valence-electron chi connectivity index (χ0n) is 15.7. The number of benzene rings is 1. The van der Waals surface area contributed by atoms with Crippen molar-refractivity contribution in [2.75, 3.05) is 13.6 Å². The van der Waals surface area contributed by atoms with Gasteiger partial charge in [-0.2, -0.15) is 10.2 Å². The van der Waals surface area contributed by atoms with E-state index in [1.165, 1.54) is 11.4 Å². The van der Waals surface area contributed by atoms with Gasteiger partial charge in [0.15, 0.2) is 0 Å². The second-order valence-electron chi connectivity index (χ2n) is 5.89. The number of likely N-dealkylation sites (N-methyl/N-ethyl adjacent to an activating group) is 1. The van der Waals surface area contributed by atoms with E-state index < -0.39 is 0 Å². The Hall–Kier alpha value is 0.0821. The van der Waals surface area contributed by atoms with Crippen molar-refractivity contribution in [3.05, 3.63) is 30.1 Å². The molecular weight excluding hydrogens is 716 g/mol. The van der Waals surface area contributed by atoms with Crippen LogP contribution in [0.25, 0.3) is 22.0 Å². The molecule has 0 aliphatic carbocycles. The van der Waals surface area contributed by atoms with Crippen LogP contribution in [0.2, 0.25) is 0 Å². The summed E-state index contributed by atoms with van der Waals surface area (Å²) >= 11 is 3.74. The maximum absolute atomic E-state index is 6.13. The van der Waals surface area contributed by atoms with Crippen molar-refractivity contribution < 1.29 is 4.74 Å². The van der Waals surface area contributed by atoms with Crippen LogP contribution in [0.15, 0.2) is 24.4 Å². The third-order valence-corrected chi connectivity index (χ3v) is 6.43. The molecule has 0 saturated heterocycles. The monoisotopic (exact) mass is 736 g/mol. The summed E-state index contributed by atoms with van der Waals surface area (Å²) in [7, 11) is 6.35. The average Bonchev–Trinajstić information content (AvgIpc) is 3.20. The number of halogens is 1. The fraction of sp³-hybridized carbons (Fsp3) is 0.294. The zero-order valence-corrected chi connectivity index (χ0v) is 25.3. The van der Waals surface area contributed by atoms with Gasteiger partial charge in [-0.25, -0.2) is 9.13 Å². The molecule has 11 heteroatoms. The minimum atomic E-state index is 0. The minimum Gasteiger partial charge on any atom is -0.473 e. The summed E-state index contributed by atoms with van der Waals surface area (Å²) in [5.74, 6) is 3.90. The van der Waals surface area contributed by atoms with Crippen molar-refractivity contribution in [1.29, 1.82) is 0 Å². The van der Waals surface area contributed by atoms with E-state index in [0.29, 0.717) is 6.37 Å². The smallest absolute Gasteiger partial charge is 0.219 e. The molecule has 0 bridgehead atoms. The molecule has 0 aliphatic rings. The van der Waals surface area contributed by atoms with Gasteiger partial charge >= 0.3 is 0 Å². The van der Waals surface area contributed by atoms with Gasteiger partial charge in [0.25, 0.3) is 0 Å². The normalized spacial score (nSPS) is 12.0. The number of ether oxygens (including phenoxy) is 1. The van der Waals surface area contributed by atoms with Crippen molar-refractivity contribution >= 4 is 86.4 Å². The Morgan fingerprint density at radius 2 is 2.25 bits per heavy atom. The number of rotatable bonds is 6. The Morgan fingerprint density at radius 1 is 1.46 bits per heavy atom. The minimum absolute atomic E-state index is 0. The van der Waals surface area contributed by atoms with E-state index in [4.69, 9.17) is 4.74 Å². The van der Waals surface area contributed by atoms with Crippen LogP contribution in [0.3, 0.4) is 0 Å². The topological polar surface area (TPSA) is 56.9 Å². The number of nitrogens with one attached hydrogen (secondary N) is 1. The number of aryl methyl sites for hydroxylation is 1. The molecule has 28 heavy (non-hydrogen) atoms. The molecule has 1 aromatic carbocycles. The van der Waals surface area contributed by atoms with E-state index >= 15 is 0 Å². The Balaban J connectivity index is 0.00000280. The van der Waals surface area contributed by atoms with Crippen LogP contribution in [0, 0.1) is 11.2 Å². The van der Waals surface area contributed by atoms with Crippen LogP contribution in [-0.2, 0) is 7.05 Å². The predicted molar refractivity (Wildman–Crippen MR) is 134 cm³/mol. The van der Waals surface area contributed by atoms with E-state index in [1.54, 1.807) is 4.68 Å². The van der Waals surface area contributed by atoms with Crippen molar-refractivity contribution in [1.82, 2.24) is 24.6 Å². The fourth-order valence-electron chi connectivity index (χ4n) is 2.80. The van der Waals surface area contributed by atoms with Crippen molar-refractivity contribution in [3.8, 4) is 28.2 Å². The average molecular weight is 736 g/mol. The molecule has 6 nitrogen and oxygen atoms in total. The molecular formula is C17H20IN5OP2STl. The molecule has 2 aromatic heterocycles. The predicted octanol–water partition coefficient (Wildman–Crippen LogP) is 3.67. The van der Waals surface area contributed by atoms with E-state index in [-0.39, 0.29) is 33.4 Å². The van der Waals surface area contributed by atoms with Gasteiger partial charge in [0.1, 0.15) is 11.8 Å². The Bertz CT molecular complexity index is 1020. The van der Waals surface area contributed by atoms with Crippen molar-refractivity contribution in [2.45, 2.75) is 13.0 Å². The van der Waals surface area contributed by atoms with Gasteiger partial charge in [0, 0.05) is 46.3 Å². The van der Waals surface area contributed by atoms with Gasteiger partial charge < -0.3 is 10.1 Å². The van der Waals surface area contributed by atoms with Gasteiger partial charge in [-0.15, -0.1) is 0 Å². The van der Waals surface area contributed by atoms with Crippen LogP contribution in [-0.4, -0.2) is 66.3 Å². The van der Waals surface area contributed by atoms with E-state index in [9.17, 15) is 0 Å². The molecule has 3 unspecified atom stereocenters. The van der Waals surface area contributed by atoms with Crippen LogP contribution in [0.4, 0.5) is 0 Å². The number of nitrogens with zero attached hydrogens (tertiary/aromatic N) is 4.